The number of rotatable bonds is 7. The van der Waals surface area contributed by atoms with E-state index in [2.05, 4.69) is 10.6 Å². The number of thiophene rings is 1. The number of hydrogen-bond donors (Lipinski definition) is 2. The number of carbonyl (C=O) groups excluding carboxylic acids is 2. The van der Waals surface area contributed by atoms with Crippen LogP contribution in [0.2, 0.25) is 0 Å². The van der Waals surface area contributed by atoms with Crippen molar-refractivity contribution in [1.29, 1.82) is 0 Å². The highest BCUT2D eigenvalue weighted by molar-refractivity contribution is 7.12. The molecule has 0 bridgehead atoms. The van der Waals surface area contributed by atoms with Crippen molar-refractivity contribution in [2.24, 2.45) is 0 Å². The average molecular weight is 330 g/mol. The van der Waals surface area contributed by atoms with E-state index in [1.54, 1.807) is 19.3 Å². The maximum Gasteiger partial charge on any atom is 0.261 e. The third kappa shape index (κ3) is 5.60. The van der Waals surface area contributed by atoms with Crippen LogP contribution in [0.1, 0.15) is 15.2 Å². The van der Waals surface area contributed by atoms with Gasteiger partial charge in [-0.3, -0.25) is 9.59 Å². The molecule has 23 heavy (non-hydrogen) atoms. The first kappa shape index (κ1) is 16.8. The fourth-order valence-corrected chi connectivity index (χ4v) is 2.44. The van der Waals surface area contributed by atoms with Crippen molar-refractivity contribution >= 4 is 29.2 Å². The van der Waals surface area contributed by atoms with Crippen molar-refractivity contribution in [1.82, 2.24) is 10.6 Å². The van der Waals surface area contributed by atoms with Crippen LogP contribution in [0.5, 0.6) is 5.75 Å². The largest absolute Gasteiger partial charge is 0.497 e. The van der Waals surface area contributed by atoms with Gasteiger partial charge in [0.25, 0.3) is 5.91 Å². The van der Waals surface area contributed by atoms with Crippen LogP contribution in [-0.4, -0.2) is 32.0 Å². The van der Waals surface area contributed by atoms with Crippen molar-refractivity contribution in [2.75, 3.05) is 20.2 Å². The van der Waals surface area contributed by atoms with E-state index in [4.69, 9.17) is 4.74 Å². The summed E-state index contributed by atoms with van der Waals surface area (Å²) in [7, 11) is 1.61. The topological polar surface area (TPSA) is 67.4 Å². The lowest BCUT2D eigenvalue weighted by Gasteiger charge is -2.04. The first-order valence-electron chi connectivity index (χ1n) is 7.10. The quantitative estimate of drug-likeness (QED) is 0.605. The van der Waals surface area contributed by atoms with E-state index in [1.165, 1.54) is 17.4 Å². The molecule has 1 aromatic carbocycles. The molecule has 2 aromatic rings. The molecule has 6 heteroatoms. The van der Waals surface area contributed by atoms with Gasteiger partial charge < -0.3 is 15.4 Å². The van der Waals surface area contributed by atoms with Gasteiger partial charge in [0.1, 0.15) is 5.75 Å². The second-order valence-electron chi connectivity index (χ2n) is 4.63. The van der Waals surface area contributed by atoms with Crippen LogP contribution < -0.4 is 15.4 Å². The average Bonchev–Trinajstić information content (AvgIpc) is 3.12. The zero-order chi connectivity index (χ0) is 16.5. The van der Waals surface area contributed by atoms with Gasteiger partial charge in [0, 0.05) is 19.2 Å². The van der Waals surface area contributed by atoms with Gasteiger partial charge in [-0.05, 0) is 35.2 Å². The Kier molecular flexibility index (Phi) is 6.38. The minimum absolute atomic E-state index is 0.122. The summed E-state index contributed by atoms with van der Waals surface area (Å²) in [6.07, 6.45) is 3.18. The summed E-state index contributed by atoms with van der Waals surface area (Å²) in [6.45, 7) is 0.766. The molecule has 0 aliphatic carbocycles. The van der Waals surface area contributed by atoms with Crippen molar-refractivity contribution in [2.45, 2.75) is 0 Å². The summed E-state index contributed by atoms with van der Waals surface area (Å²) in [6, 6.07) is 11.0. The Hall–Kier alpha value is -2.60. The zero-order valence-electron chi connectivity index (χ0n) is 12.7. The number of nitrogens with one attached hydrogen (secondary N) is 2. The Bertz CT molecular complexity index is 664. The van der Waals surface area contributed by atoms with Crippen LogP contribution in [0.4, 0.5) is 0 Å². The molecule has 1 aromatic heterocycles. The lowest BCUT2D eigenvalue weighted by atomic mass is 10.2. The van der Waals surface area contributed by atoms with E-state index in [9.17, 15) is 9.59 Å². The van der Waals surface area contributed by atoms with Crippen molar-refractivity contribution in [3.8, 4) is 5.75 Å². The standard InChI is InChI=1S/C17H18N2O3S/c1-22-14-7-4-13(5-8-14)6-9-16(20)18-10-11-19-17(21)15-3-2-12-23-15/h2-9,12H,10-11H2,1H3,(H,18,20)(H,19,21). The molecule has 0 fully saturated rings. The SMILES string of the molecule is COc1ccc(C=CC(=O)NCCNC(=O)c2cccs2)cc1. The normalized spacial score (nSPS) is 10.5. The summed E-state index contributed by atoms with van der Waals surface area (Å²) in [5.74, 6) is 0.447. The number of benzene rings is 1. The molecular formula is C17H18N2O3S. The molecule has 1 heterocycles. The van der Waals surface area contributed by atoms with Gasteiger partial charge in [-0.25, -0.2) is 0 Å². The van der Waals surface area contributed by atoms with Gasteiger partial charge in [-0.15, -0.1) is 11.3 Å². The van der Waals surface area contributed by atoms with E-state index in [0.717, 1.165) is 11.3 Å². The molecule has 0 unspecified atom stereocenters. The Balaban J connectivity index is 1.68. The second-order valence-corrected chi connectivity index (χ2v) is 5.58. The van der Waals surface area contributed by atoms with Crippen molar-refractivity contribution in [3.63, 3.8) is 0 Å². The molecule has 0 spiro atoms. The van der Waals surface area contributed by atoms with E-state index >= 15 is 0 Å². The number of methoxy groups -OCH3 is 1. The van der Waals surface area contributed by atoms with E-state index in [-0.39, 0.29) is 11.8 Å². The summed E-state index contributed by atoms with van der Waals surface area (Å²) >= 11 is 1.38. The molecule has 0 aliphatic rings. The summed E-state index contributed by atoms with van der Waals surface area (Å²) in [5, 5.41) is 7.31. The van der Waals surface area contributed by atoms with Crippen LogP contribution in [0.3, 0.4) is 0 Å². The lowest BCUT2D eigenvalue weighted by Crippen LogP contribution is -2.33. The second kappa shape index (κ2) is 8.75. The van der Waals surface area contributed by atoms with Gasteiger partial charge in [-0.2, -0.15) is 0 Å². The molecule has 120 valence electrons. The molecule has 2 rings (SSSR count). The molecule has 0 atom stereocenters. The third-order valence-corrected chi connectivity index (χ3v) is 3.87. The maximum atomic E-state index is 11.7. The number of ether oxygens (including phenoxy) is 1. The van der Waals surface area contributed by atoms with E-state index in [1.807, 2.05) is 35.7 Å². The molecule has 0 saturated carbocycles. The van der Waals surface area contributed by atoms with Crippen LogP contribution in [-0.2, 0) is 4.79 Å². The molecular weight excluding hydrogens is 312 g/mol. The third-order valence-electron chi connectivity index (χ3n) is 3.00. The predicted octanol–water partition coefficient (Wildman–Crippen LogP) is 2.32. The van der Waals surface area contributed by atoms with E-state index < -0.39 is 0 Å². The minimum atomic E-state index is -0.203. The van der Waals surface area contributed by atoms with Crippen molar-refractivity contribution < 1.29 is 14.3 Å². The van der Waals surface area contributed by atoms with Crippen LogP contribution >= 0.6 is 11.3 Å². The highest BCUT2D eigenvalue weighted by atomic mass is 32.1. The highest BCUT2D eigenvalue weighted by Crippen LogP contribution is 2.12. The molecule has 0 saturated heterocycles. The highest BCUT2D eigenvalue weighted by Gasteiger charge is 2.04. The summed E-state index contributed by atoms with van der Waals surface area (Å²) in [4.78, 5) is 24.0. The number of carbonyl (C=O) groups is 2. The van der Waals surface area contributed by atoms with Gasteiger partial charge in [0.15, 0.2) is 0 Å². The molecule has 0 aliphatic heterocycles. The zero-order valence-corrected chi connectivity index (χ0v) is 13.6. The number of amides is 2. The lowest BCUT2D eigenvalue weighted by molar-refractivity contribution is -0.116. The smallest absolute Gasteiger partial charge is 0.261 e. The minimum Gasteiger partial charge on any atom is -0.497 e. The molecule has 5 nitrogen and oxygen atoms in total. The van der Waals surface area contributed by atoms with Crippen LogP contribution in [0, 0.1) is 0 Å². The Morgan fingerprint density at radius 2 is 1.87 bits per heavy atom. The summed E-state index contributed by atoms with van der Waals surface area (Å²) < 4.78 is 5.07. The Morgan fingerprint density at radius 1 is 1.13 bits per heavy atom. The molecule has 0 radical (unpaired) electrons. The Morgan fingerprint density at radius 3 is 2.52 bits per heavy atom. The fourth-order valence-electron chi connectivity index (χ4n) is 1.80. The van der Waals surface area contributed by atoms with E-state index in [0.29, 0.717) is 18.0 Å². The van der Waals surface area contributed by atoms with Gasteiger partial charge >= 0.3 is 0 Å². The maximum absolute atomic E-state index is 11.7. The monoisotopic (exact) mass is 330 g/mol. The molecule has 2 N–H and O–H groups in total. The molecule has 2 amide bonds. The fraction of sp³-hybridized carbons (Fsp3) is 0.176. The van der Waals surface area contributed by atoms with Crippen molar-refractivity contribution in [3.05, 3.63) is 58.3 Å². The number of hydrogen-bond acceptors (Lipinski definition) is 4. The Labute approximate surface area is 139 Å². The first-order valence-corrected chi connectivity index (χ1v) is 7.98. The van der Waals surface area contributed by atoms with Crippen LogP contribution in [0.25, 0.3) is 6.08 Å². The van der Waals surface area contributed by atoms with Crippen LogP contribution in [0.15, 0.2) is 47.9 Å². The van der Waals surface area contributed by atoms with Gasteiger partial charge in [0.2, 0.25) is 5.91 Å². The summed E-state index contributed by atoms with van der Waals surface area (Å²) in [5.41, 5.74) is 0.909. The predicted molar refractivity (Wildman–Crippen MR) is 91.7 cm³/mol. The van der Waals surface area contributed by atoms with Gasteiger partial charge in [-0.1, -0.05) is 18.2 Å². The first-order chi connectivity index (χ1) is 11.2. The van der Waals surface area contributed by atoms with Gasteiger partial charge in [0.05, 0.1) is 12.0 Å².